The summed E-state index contributed by atoms with van der Waals surface area (Å²) < 4.78 is 9.98. The fourth-order valence-corrected chi connectivity index (χ4v) is 2.40. The van der Waals surface area contributed by atoms with Crippen LogP contribution in [-0.4, -0.2) is 30.1 Å². The second kappa shape index (κ2) is 9.16. The van der Waals surface area contributed by atoms with E-state index >= 15 is 0 Å². The summed E-state index contributed by atoms with van der Waals surface area (Å²) in [5.74, 6) is 0.534. The first-order chi connectivity index (χ1) is 7.92. The molecule has 0 aliphatic rings. The van der Waals surface area contributed by atoms with Gasteiger partial charge in [0.2, 0.25) is 5.88 Å². The molecule has 0 saturated carbocycles. The molecular weight excluding hydrogens is 374 g/mol. The number of aliphatic hydroxyl groups is 1. The molecule has 0 unspecified atom stereocenters. The van der Waals surface area contributed by atoms with Gasteiger partial charge in [0.05, 0.1) is 20.3 Å². The van der Waals surface area contributed by atoms with Gasteiger partial charge in [0.25, 0.3) is 0 Å². The van der Waals surface area contributed by atoms with Gasteiger partial charge in [0, 0.05) is 48.1 Å². The van der Waals surface area contributed by atoms with E-state index in [9.17, 15) is 0 Å². The Kier molecular flexibility index (Phi) is 9.25. The summed E-state index contributed by atoms with van der Waals surface area (Å²) in [7, 11) is 0.496. The van der Waals surface area contributed by atoms with Gasteiger partial charge in [0.15, 0.2) is 0 Å². The van der Waals surface area contributed by atoms with Gasteiger partial charge in [-0.15, -0.1) is 0 Å². The van der Waals surface area contributed by atoms with Gasteiger partial charge < -0.3 is 14.0 Å². The van der Waals surface area contributed by atoms with Crippen LogP contribution in [0, 0.1) is 0 Å². The normalized spacial score (nSPS) is 11.4. The minimum Gasteiger partial charge on any atom is -0.481 e. The highest BCUT2D eigenvalue weighted by Crippen LogP contribution is 2.60. The maximum absolute atomic E-state index is 8.67. The summed E-state index contributed by atoms with van der Waals surface area (Å²) in [4.78, 5) is 3.87. The maximum atomic E-state index is 8.67. The van der Waals surface area contributed by atoms with E-state index in [1.165, 1.54) is 0 Å². The molecule has 0 saturated heterocycles. The van der Waals surface area contributed by atoms with Crippen molar-refractivity contribution in [3.8, 4) is 5.88 Å². The quantitative estimate of drug-likeness (QED) is 0.853. The van der Waals surface area contributed by atoms with Crippen molar-refractivity contribution in [1.29, 1.82) is 0 Å². The van der Waals surface area contributed by atoms with E-state index in [0.717, 1.165) is 12.2 Å². The summed E-state index contributed by atoms with van der Waals surface area (Å²) in [5, 5.41) is 8.67. The van der Waals surface area contributed by atoms with Crippen molar-refractivity contribution in [1.82, 2.24) is 4.98 Å². The van der Waals surface area contributed by atoms with Gasteiger partial charge in [-0.1, -0.05) is 0 Å². The Bertz CT molecular complexity index is 301. The van der Waals surface area contributed by atoms with E-state index < -0.39 is 7.18 Å². The first-order valence-electron chi connectivity index (χ1n) is 4.84. The molecule has 0 aromatic carbocycles. The molecule has 7 heteroatoms. The molecule has 0 amide bonds. The minimum absolute atomic E-state index is 0.0267. The van der Waals surface area contributed by atoms with Crippen LogP contribution in [-0.2, 0) is 10.8 Å². The Morgan fingerprint density at radius 1 is 1.47 bits per heavy atom. The molecular formula is C10H17Br2NO3S. The van der Waals surface area contributed by atoms with Crippen molar-refractivity contribution in [2.24, 2.45) is 0 Å². The van der Waals surface area contributed by atoms with Crippen LogP contribution in [0.4, 0.5) is 0 Å². The minimum atomic E-state index is -1.05. The van der Waals surface area contributed by atoms with Crippen LogP contribution in [0.2, 0.25) is 0 Å². The lowest BCUT2D eigenvalue weighted by Crippen LogP contribution is -1.89. The highest BCUT2D eigenvalue weighted by Gasteiger charge is 2.05. The second-order valence-corrected chi connectivity index (χ2v) is 14.5. The summed E-state index contributed by atoms with van der Waals surface area (Å²) in [6, 6.07) is 3.43. The van der Waals surface area contributed by atoms with Crippen LogP contribution < -0.4 is 4.74 Å². The Morgan fingerprint density at radius 2 is 2.12 bits per heavy atom. The zero-order valence-electron chi connectivity index (χ0n) is 10.0. The molecule has 17 heavy (non-hydrogen) atoms. The van der Waals surface area contributed by atoms with Crippen molar-refractivity contribution in [2.45, 2.75) is 13.5 Å². The van der Waals surface area contributed by atoms with Crippen molar-refractivity contribution >= 4 is 36.8 Å². The Balaban J connectivity index is 0.000000325. The SMILES string of the molecule is CCOS(C)(Br)Br.COc1cc(CO)ccn1. The predicted octanol–water partition coefficient (Wildman–Crippen LogP) is 3.57. The van der Waals surface area contributed by atoms with Crippen LogP contribution in [0.25, 0.3) is 0 Å². The number of aromatic nitrogens is 1. The summed E-state index contributed by atoms with van der Waals surface area (Å²) >= 11 is 6.63. The molecule has 0 radical (unpaired) electrons. The van der Waals surface area contributed by atoms with E-state index in [0.29, 0.717) is 5.88 Å². The van der Waals surface area contributed by atoms with Crippen molar-refractivity contribution < 1.29 is 14.0 Å². The number of pyridine rings is 1. The number of hydrogen-bond donors (Lipinski definition) is 1. The first-order valence-corrected chi connectivity index (χ1v) is 10.5. The van der Waals surface area contributed by atoms with Crippen LogP contribution in [0.15, 0.2) is 18.3 Å². The van der Waals surface area contributed by atoms with Crippen molar-refractivity contribution in [2.75, 3.05) is 20.0 Å². The molecule has 0 aliphatic heterocycles. The smallest absolute Gasteiger partial charge is 0.213 e. The molecule has 0 bridgehead atoms. The van der Waals surface area contributed by atoms with Crippen LogP contribution in [0.1, 0.15) is 12.5 Å². The third-order valence-corrected chi connectivity index (χ3v) is 3.29. The third kappa shape index (κ3) is 9.84. The average Bonchev–Trinajstić information content (AvgIpc) is 2.28. The topological polar surface area (TPSA) is 51.6 Å². The lowest BCUT2D eigenvalue weighted by atomic mass is 10.3. The zero-order chi connectivity index (χ0) is 13.3. The first kappa shape index (κ1) is 17.2. The molecule has 4 nitrogen and oxygen atoms in total. The number of halogens is 2. The fourth-order valence-electron chi connectivity index (χ4n) is 0.867. The Morgan fingerprint density at radius 3 is 2.47 bits per heavy atom. The lowest BCUT2D eigenvalue weighted by Gasteiger charge is -2.17. The molecule has 0 aliphatic carbocycles. The van der Waals surface area contributed by atoms with E-state index in [1.54, 1.807) is 25.4 Å². The molecule has 0 fully saturated rings. The molecule has 100 valence electrons. The van der Waals surface area contributed by atoms with Crippen molar-refractivity contribution in [3.63, 3.8) is 0 Å². The van der Waals surface area contributed by atoms with E-state index in [1.807, 2.05) is 13.2 Å². The lowest BCUT2D eigenvalue weighted by molar-refractivity contribution is 0.280. The van der Waals surface area contributed by atoms with Gasteiger partial charge in [-0.3, -0.25) is 0 Å². The second-order valence-electron chi connectivity index (χ2n) is 2.93. The predicted molar refractivity (Wildman–Crippen MR) is 79.7 cm³/mol. The number of methoxy groups -OCH3 is 1. The van der Waals surface area contributed by atoms with Crippen LogP contribution >= 0.6 is 36.8 Å². The van der Waals surface area contributed by atoms with Crippen LogP contribution in [0.3, 0.4) is 0 Å². The number of aliphatic hydroxyl groups excluding tert-OH is 1. The van der Waals surface area contributed by atoms with Gasteiger partial charge in [0.1, 0.15) is 0 Å². The van der Waals surface area contributed by atoms with Gasteiger partial charge >= 0.3 is 0 Å². The largest absolute Gasteiger partial charge is 0.481 e. The Labute approximate surface area is 119 Å². The molecule has 1 N–H and O–H groups in total. The van der Waals surface area contributed by atoms with Crippen molar-refractivity contribution in [3.05, 3.63) is 23.9 Å². The molecule has 1 heterocycles. The molecule has 1 rings (SSSR count). The third-order valence-electron chi connectivity index (χ3n) is 1.52. The number of ether oxygens (including phenoxy) is 1. The van der Waals surface area contributed by atoms with E-state index in [2.05, 4.69) is 34.6 Å². The molecule has 0 spiro atoms. The molecule has 1 aromatic rings. The monoisotopic (exact) mass is 389 g/mol. The van der Waals surface area contributed by atoms with Gasteiger partial charge in [-0.25, -0.2) is 4.98 Å². The average molecular weight is 391 g/mol. The maximum Gasteiger partial charge on any atom is 0.213 e. The summed E-state index contributed by atoms with van der Waals surface area (Å²) in [5.41, 5.74) is 0.812. The zero-order valence-corrected chi connectivity index (χ0v) is 14.0. The van der Waals surface area contributed by atoms with Gasteiger partial charge in [-0.05, 0) is 25.7 Å². The number of hydrogen-bond acceptors (Lipinski definition) is 4. The summed E-state index contributed by atoms with van der Waals surface area (Å²) in [6.45, 7) is 2.75. The summed E-state index contributed by atoms with van der Waals surface area (Å²) in [6.07, 6.45) is 3.57. The standard InChI is InChI=1S/C7H9NO2.C3H8Br2OS/c1-10-7-4-6(5-9)2-3-8-7;1-3-6-7(2,4)5/h2-4,9H,5H2,1H3;3H2,1-2H3. The highest BCUT2D eigenvalue weighted by molar-refractivity contribution is 9.90. The number of rotatable bonds is 4. The Hall–Kier alpha value is 0.180. The van der Waals surface area contributed by atoms with E-state index in [-0.39, 0.29) is 6.61 Å². The molecule has 0 atom stereocenters. The van der Waals surface area contributed by atoms with Crippen LogP contribution in [0.5, 0.6) is 5.88 Å². The molecule has 1 aromatic heterocycles. The van der Waals surface area contributed by atoms with E-state index in [4.69, 9.17) is 14.0 Å². The number of nitrogens with zero attached hydrogens (tertiary/aromatic N) is 1. The fraction of sp³-hybridized carbons (Fsp3) is 0.500. The van der Waals surface area contributed by atoms with Gasteiger partial charge in [-0.2, -0.15) is 0 Å². The highest BCUT2D eigenvalue weighted by atomic mass is 79.9.